The predicted octanol–water partition coefficient (Wildman–Crippen LogP) is 5.33. The van der Waals surface area contributed by atoms with Crippen molar-refractivity contribution >= 4 is 27.3 Å². The molecule has 214 valence electrons. The minimum Gasteiger partial charge on any atom is -0.490 e. The van der Waals surface area contributed by atoms with Crippen molar-refractivity contribution in [1.82, 2.24) is 29.9 Å². The van der Waals surface area contributed by atoms with Crippen LogP contribution in [0.2, 0.25) is 0 Å². The quantitative estimate of drug-likeness (QED) is 0.256. The van der Waals surface area contributed by atoms with Crippen LogP contribution in [0.5, 0.6) is 5.75 Å². The van der Waals surface area contributed by atoms with Crippen molar-refractivity contribution in [3.63, 3.8) is 0 Å². The highest BCUT2D eigenvalue weighted by Crippen LogP contribution is 2.47. The van der Waals surface area contributed by atoms with Gasteiger partial charge in [0.1, 0.15) is 35.4 Å². The molecule has 0 aliphatic carbocycles. The Labute approximate surface area is 243 Å². The summed E-state index contributed by atoms with van der Waals surface area (Å²) in [6.07, 6.45) is 2.90. The molecule has 42 heavy (non-hydrogen) atoms. The normalized spacial score (nSPS) is 14.7. The van der Waals surface area contributed by atoms with Crippen LogP contribution in [-0.2, 0) is 11.3 Å². The number of pyridine rings is 1. The van der Waals surface area contributed by atoms with E-state index in [0.717, 1.165) is 28.8 Å². The Morgan fingerprint density at radius 3 is 2.81 bits per heavy atom. The minimum atomic E-state index is -0.838. The van der Waals surface area contributed by atoms with Crippen LogP contribution < -0.4 is 4.74 Å². The van der Waals surface area contributed by atoms with Gasteiger partial charge in [0.15, 0.2) is 0 Å². The van der Waals surface area contributed by atoms with E-state index in [9.17, 15) is 14.3 Å². The molecule has 12 heteroatoms. The van der Waals surface area contributed by atoms with Crippen LogP contribution in [0, 0.1) is 18.6 Å². The number of halogens is 2. The molecule has 0 saturated carbocycles. The van der Waals surface area contributed by atoms with E-state index in [1.165, 1.54) is 17.4 Å². The van der Waals surface area contributed by atoms with Gasteiger partial charge in [-0.15, -0.1) is 11.3 Å². The van der Waals surface area contributed by atoms with Crippen LogP contribution in [0.25, 0.3) is 43.9 Å². The maximum absolute atomic E-state index is 15.8. The van der Waals surface area contributed by atoms with Crippen molar-refractivity contribution in [3.05, 3.63) is 77.6 Å². The van der Waals surface area contributed by atoms with Crippen molar-refractivity contribution in [2.45, 2.75) is 26.4 Å². The zero-order chi connectivity index (χ0) is 29.5. The summed E-state index contributed by atoms with van der Waals surface area (Å²) in [7, 11) is 0. The fraction of sp³-hybridized carbons (Fsp3) is 0.233. The van der Waals surface area contributed by atoms with E-state index in [4.69, 9.17) is 14.8 Å². The zero-order valence-electron chi connectivity index (χ0n) is 22.8. The Balaban J connectivity index is 1.65. The maximum Gasteiger partial charge on any atom is 0.246 e. The van der Waals surface area contributed by atoms with Gasteiger partial charge in [-0.1, -0.05) is 6.58 Å². The van der Waals surface area contributed by atoms with Gasteiger partial charge in [-0.05, 0) is 43.5 Å². The lowest BCUT2D eigenvalue weighted by molar-refractivity contribution is -0.129. The Bertz CT molecular complexity index is 1850. The smallest absolute Gasteiger partial charge is 0.246 e. The first-order chi connectivity index (χ1) is 20.3. The molecule has 5 heterocycles. The Morgan fingerprint density at radius 1 is 1.21 bits per heavy atom. The van der Waals surface area contributed by atoms with Gasteiger partial charge >= 0.3 is 0 Å². The number of nitrogens with zero attached hydrogens (tertiary/aromatic N) is 6. The van der Waals surface area contributed by atoms with Crippen LogP contribution in [0.15, 0.2) is 54.6 Å². The summed E-state index contributed by atoms with van der Waals surface area (Å²) in [5.74, 6) is -1.89. The SMILES string of the molecule is C=CC(=O)N1CCn2nc(-c3nc(-c4cnnc(C)c4)c4ccsc4c3-c3c(F)cc(F)cc3OCCO)cc2[C@@H]1C. The summed E-state index contributed by atoms with van der Waals surface area (Å²) in [6.45, 7) is 7.76. The number of aliphatic hydroxyl groups excluding tert-OH is 1. The Hall–Kier alpha value is -4.55. The number of ether oxygens (including phenoxy) is 1. The number of fused-ring (bicyclic) bond motifs is 2. The molecule has 1 aliphatic rings. The number of aryl methyl sites for hydroxylation is 1. The van der Waals surface area contributed by atoms with Gasteiger partial charge < -0.3 is 14.7 Å². The summed E-state index contributed by atoms with van der Waals surface area (Å²) < 4.78 is 38.4. The molecule has 0 unspecified atom stereocenters. The zero-order valence-corrected chi connectivity index (χ0v) is 23.7. The molecule has 1 N–H and O–H groups in total. The lowest BCUT2D eigenvalue weighted by Crippen LogP contribution is -2.40. The average molecular weight is 589 g/mol. The molecule has 1 aliphatic heterocycles. The van der Waals surface area contributed by atoms with Crippen molar-refractivity contribution in [3.8, 4) is 39.5 Å². The van der Waals surface area contributed by atoms with Gasteiger partial charge in [0.2, 0.25) is 5.91 Å². The molecule has 0 bridgehead atoms. The fourth-order valence-corrected chi connectivity index (χ4v) is 6.31. The highest BCUT2D eigenvalue weighted by molar-refractivity contribution is 7.18. The predicted molar refractivity (Wildman–Crippen MR) is 155 cm³/mol. The van der Waals surface area contributed by atoms with E-state index in [1.54, 1.807) is 11.1 Å². The van der Waals surface area contributed by atoms with Crippen molar-refractivity contribution in [2.24, 2.45) is 0 Å². The largest absolute Gasteiger partial charge is 0.490 e. The molecule has 0 radical (unpaired) electrons. The maximum atomic E-state index is 15.8. The number of amides is 1. The third kappa shape index (κ3) is 4.72. The molecule has 1 atom stereocenters. The summed E-state index contributed by atoms with van der Waals surface area (Å²) in [6, 6.07) is 7.20. The van der Waals surface area contributed by atoms with Crippen LogP contribution in [0.3, 0.4) is 0 Å². The number of aromatic nitrogens is 5. The second kappa shape index (κ2) is 11.0. The minimum absolute atomic E-state index is 0.0119. The van der Waals surface area contributed by atoms with Crippen molar-refractivity contribution < 1.29 is 23.4 Å². The second-order valence-electron chi connectivity index (χ2n) is 9.86. The van der Waals surface area contributed by atoms with E-state index in [1.807, 2.05) is 42.1 Å². The van der Waals surface area contributed by atoms with E-state index in [2.05, 4.69) is 16.8 Å². The molecule has 1 amide bonds. The number of hydrogen-bond acceptors (Lipinski definition) is 8. The number of hydrogen-bond donors (Lipinski definition) is 1. The molecule has 0 fully saturated rings. The first-order valence-electron chi connectivity index (χ1n) is 13.3. The first kappa shape index (κ1) is 27.6. The van der Waals surface area contributed by atoms with Crippen LogP contribution >= 0.6 is 11.3 Å². The summed E-state index contributed by atoms with van der Waals surface area (Å²) in [4.78, 5) is 19.3. The van der Waals surface area contributed by atoms with Crippen molar-refractivity contribution in [2.75, 3.05) is 19.8 Å². The van der Waals surface area contributed by atoms with E-state index in [-0.39, 0.29) is 36.5 Å². The average Bonchev–Trinajstić information content (AvgIpc) is 3.63. The molecule has 5 aromatic rings. The van der Waals surface area contributed by atoms with Crippen LogP contribution in [0.1, 0.15) is 24.4 Å². The number of carbonyl (C=O) groups is 1. The van der Waals surface area contributed by atoms with Gasteiger partial charge in [0, 0.05) is 39.9 Å². The highest BCUT2D eigenvalue weighted by atomic mass is 32.1. The molecule has 6 rings (SSSR count). The molecule has 4 aromatic heterocycles. The Kier molecular flexibility index (Phi) is 7.25. The van der Waals surface area contributed by atoms with Gasteiger partial charge in [-0.25, -0.2) is 13.8 Å². The topological polar surface area (TPSA) is 106 Å². The van der Waals surface area contributed by atoms with Gasteiger partial charge in [0.25, 0.3) is 0 Å². The van der Waals surface area contributed by atoms with Crippen LogP contribution in [0.4, 0.5) is 8.78 Å². The monoisotopic (exact) mass is 588 g/mol. The number of carbonyl (C=O) groups excluding carboxylic acids is 1. The summed E-state index contributed by atoms with van der Waals surface area (Å²) in [5, 5.41) is 25.0. The number of rotatable bonds is 7. The summed E-state index contributed by atoms with van der Waals surface area (Å²) >= 11 is 1.38. The highest BCUT2D eigenvalue weighted by Gasteiger charge is 2.31. The molecule has 1 aromatic carbocycles. The van der Waals surface area contributed by atoms with E-state index >= 15 is 4.39 Å². The standard InChI is InChI=1S/C30H26F2N6O3S/c1-4-25(40)37-6-7-38-23(17(37)3)14-22(36-38)29-27(26-21(32)12-19(31)13-24(26)41-9-8-39)30-20(5-10-42-30)28(34-29)18-11-16(2)35-33-15-18/h4-5,10-15,17,39H,1,6-9H2,2-3H3/t17-/m0/s1. The molecule has 9 nitrogen and oxygen atoms in total. The molecule has 0 saturated heterocycles. The van der Waals surface area contributed by atoms with Gasteiger partial charge in [-0.2, -0.15) is 15.3 Å². The van der Waals surface area contributed by atoms with E-state index < -0.39 is 11.6 Å². The summed E-state index contributed by atoms with van der Waals surface area (Å²) in [5.41, 5.74) is 4.00. The Morgan fingerprint density at radius 2 is 2.05 bits per heavy atom. The second-order valence-corrected chi connectivity index (χ2v) is 10.8. The third-order valence-corrected chi connectivity index (χ3v) is 8.17. The molecule has 0 spiro atoms. The lowest BCUT2D eigenvalue weighted by atomic mass is 9.96. The van der Waals surface area contributed by atoms with Gasteiger partial charge in [0.05, 0.1) is 48.0 Å². The first-order valence-corrected chi connectivity index (χ1v) is 14.1. The number of thiophene rings is 1. The lowest BCUT2D eigenvalue weighted by Gasteiger charge is -2.33. The third-order valence-electron chi connectivity index (χ3n) is 7.24. The number of benzene rings is 1. The molecular formula is C30H26F2N6O3S. The van der Waals surface area contributed by atoms with Crippen molar-refractivity contribution in [1.29, 1.82) is 0 Å². The fourth-order valence-electron chi connectivity index (χ4n) is 5.36. The van der Waals surface area contributed by atoms with E-state index in [0.29, 0.717) is 46.1 Å². The number of aliphatic hydroxyl groups is 1. The van der Waals surface area contributed by atoms with Crippen LogP contribution in [-0.4, -0.2) is 60.6 Å². The van der Waals surface area contributed by atoms with Gasteiger partial charge in [-0.3, -0.25) is 9.48 Å². The molecular weight excluding hydrogens is 562 g/mol.